The summed E-state index contributed by atoms with van der Waals surface area (Å²) in [4.78, 5) is 25.4. The second kappa shape index (κ2) is 13.0. The maximum absolute atomic E-state index is 12.4. The Morgan fingerprint density at radius 2 is 1.76 bits per heavy atom. The number of nitrogens with one attached hydrogen (secondary N) is 1. The highest BCUT2D eigenvalue weighted by Crippen LogP contribution is 2.15. The summed E-state index contributed by atoms with van der Waals surface area (Å²) in [5, 5.41) is 12.1. The van der Waals surface area contributed by atoms with Gasteiger partial charge in [-0.05, 0) is 36.5 Å². The first-order valence-corrected chi connectivity index (χ1v) is 10.3. The van der Waals surface area contributed by atoms with Gasteiger partial charge in [-0.1, -0.05) is 39.8 Å². The standard InChI is InChI=1S/C22H36N2O5/c1-6-28-20(21(25)26)13-18-7-9-19(10-8-18)29-12-11-24(15-17(4)5)22(27)23-14-16(2)3/h7-10,16-17,20H,6,11-15H2,1-5H3,(H,23,27)(H,25,26). The van der Waals surface area contributed by atoms with Crippen molar-refractivity contribution in [1.82, 2.24) is 10.2 Å². The zero-order chi connectivity index (χ0) is 21.8. The third-order valence-corrected chi connectivity index (χ3v) is 4.15. The number of benzene rings is 1. The predicted molar refractivity (Wildman–Crippen MR) is 113 cm³/mol. The Morgan fingerprint density at radius 3 is 2.28 bits per heavy atom. The van der Waals surface area contributed by atoms with Gasteiger partial charge in [0.25, 0.3) is 0 Å². The van der Waals surface area contributed by atoms with Crippen molar-refractivity contribution in [1.29, 1.82) is 0 Å². The van der Waals surface area contributed by atoms with Gasteiger partial charge in [-0.3, -0.25) is 0 Å². The first-order valence-electron chi connectivity index (χ1n) is 10.3. The Labute approximate surface area is 174 Å². The number of ether oxygens (including phenoxy) is 2. The quantitative estimate of drug-likeness (QED) is 0.522. The summed E-state index contributed by atoms with van der Waals surface area (Å²) in [7, 11) is 0. The Bertz CT molecular complexity index is 616. The van der Waals surface area contributed by atoms with Crippen LogP contribution in [-0.4, -0.2) is 61.0 Å². The van der Waals surface area contributed by atoms with Crippen LogP contribution < -0.4 is 10.1 Å². The molecule has 0 fully saturated rings. The lowest BCUT2D eigenvalue weighted by Gasteiger charge is -2.25. The fourth-order valence-corrected chi connectivity index (χ4v) is 2.75. The molecule has 0 aromatic heterocycles. The molecule has 1 unspecified atom stereocenters. The second-order valence-corrected chi connectivity index (χ2v) is 7.90. The van der Waals surface area contributed by atoms with E-state index >= 15 is 0 Å². The number of rotatable bonds is 13. The molecule has 7 heteroatoms. The highest BCUT2D eigenvalue weighted by molar-refractivity contribution is 5.74. The number of hydrogen-bond donors (Lipinski definition) is 2. The van der Waals surface area contributed by atoms with Crippen molar-refractivity contribution in [2.75, 3.05) is 32.8 Å². The number of aliphatic carboxylic acids is 1. The van der Waals surface area contributed by atoms with Crippen LogP contribution in [0.2, 0.25) is 0 Å². The van der Waals surface area contributed by atoms with Crippen LogP contribution in [0.25, 0.3) is 0 Å². The van der Waals surface area contributed by atoms with Crippen LogP contribution in [0.15, 0.2) is 24.3 Å². The summed E-state index contributed by atoms with van der Waals surface area (Å²) < 4.78 is 11.0. The number of carboxylic acid groups (broad SMARTS) is 1. The van der Waals surface area contributed by atoms with Crippen LogP contribution in [0.4, 0.5) is 4.79 Å². The van der Waals surface area contributed by atoms with E-state index in [-0.39, 0.29) is 6.03 Å². The van der Waals surface area contributed by atoms with Crippen molar-refractivity contribution < 1.29 is 24.2 Å². The van der Waals surface area contributed by atoms with E-state index in [0.717, 1.165) is 5.56 Å². The number of urea groups is 1. The summed E-state index contributed by atoms with van der Waals surface area (Å²) >= 11 is 0. The van der Waals surface area contributed by atoms with E-state index < -0.39 is 12.1 Å². The van der Waals surface area contributed by atoms with Crippen molar-refractivity contribution in [2.45, 2.75) is 47.1 Å². The number of carbonyl (C=O) groups is 2. The van der Waals surface area contributed by atoms with E-state index in [1.807, 2.05) is 24.3 Å². The van der Waals surface area contributed by atoms with Gasteiger partial charge in [0.15, 0.2) is 6.10 Å². The molecule has 0 radical (unpaired) electrons. The maximum Gasteiger partial charge on any atom is 0.333 e. The molecule has 1 aromatic rings. The number of carboxylic acids is 1. The zero-order valence-electron chi connectivity index (χ0n) is 18.3. The molecule has 0 saturated carbocycles. The normalized spacial score (nSPS) is 12.1. The fourth-order valence-electron chi connectivity index (χ4n) is 2.75. The lowest BCUT2D eigenvalue weighted by Crippen LogP contribution is -2.44. The Kier molecular flexibility index (Phi) is 11.1. The monoisotopic (exact) mass is 408 g/mol. The Morgan fingerprint density at radius 1 is 1.10 bits per heavy atom. The minimum atomic E-state index is -0.965. The van der Waals surface area contributed by atoms with Crippen LogP contribution in [0.3, 0.4) is 0 Å². The first-order chi connectivity index (χ1) is 13.7. The largest absolute Gasteiger partial charge is 0.492 e. The number of nitrogens with zero attached hydrogens (tertiary/aromatic N) is 1. The molecule has 29 heavy (non-hydrogen) atoms. The number of amides is 2. The summed E-state index contributed by atoms with van der Waals surface area (Å²) in [5.41, 5.74) is 0.868. The minimum Gasteiger partial charge on any atom is -0.492 e. The molecule has 0 aliphatic heterocycles. The summed E-state index contributed by atoms with van der Waals surface area (Å²) in [6.07, 6.45) is -0.539. The molecule has 0 saturated heterocycles. The van der Waals surface area contributed by atoms with Gasteiger partial charge in [0.05, 0.1) is 6.54 Å². The van der Waals surface area contributed by atoms with Gasteiger partial charge in [-0.25, -0.2) is 9.59 Å². The lowest BCUT2D eigenvalue weighted by molar-refractivity contribution is -0.149. The SMILES string of the molecule is CCOC(Cc1ccc(OCCN(CC(C)C)C(=O)NCC(C)C)cc1)C(=O)O. The molecule has 0 heterocycles. The molecular weight excluding hydrogens is 372 g/mol. The molecule has 7 nitrogen and oxygen atoms in total. The van der Waals surface area contributed by atoms with Crippen molar-refractivity contribution >= 4 is 12.0 Å². The third-order valence-electron chi connectivity index (χ3n) is 4.15. The fraction of sp³-hybridized carbons (Fsp3) is 0.636. The van der Waals surface area contributed by atoms with Crippen LogP contribution in [0, 0.1) is 11.8 Å². The highest BCUT2D eigenvalue weighted by atomic mass is 16.5. The molecule has 2 N–H and O–H groups in total. The molecule has 2 amide bonds. The maximum atomic E-state index is 12.4. The van der Waals surface area contributed by atoms with E-state index in [1.165, 1.54) is 0 Å². The van der Waals surface area contributed by atoms with Crippen molar-refractivity contribution in [2.24, 2.45) is 11.8 Å². The van der Waals surface area contributed by atoms with Crippen LogP contribution >= 0.6 is 0 Å². The highest BCUT2D eigenvalue weighted by Gasteiger charge is 2.18. The molecule has 1 rings (SSSR count). The minimum absolute atomic E-state index is 0.0676. The van der Waals surface area contributed by atoms with Gasteiger partial charge >= 0.3 is 12.0 Å². The van der Waals surface area contributed by atoms with E-state index in [1.54, 1.807) is 11.8 Å². The van der Waals surface area contributed by atoms with Gasteiger partial charge < -0.3 is 24.8 Å². The third kappa shape index (κ3) is 10.2. The summed E-state index contributed by atoms with van der Waals surface area (Å²) in [6, 6.07) is 7.23. The topological polar surface area (TPSA) is 88.1 Å². The van der Waals surface area contributed by atoms with E-state index in [2.05, 4.69) is 33.0 Å². The van der Waals surface area contributed by atoms with E-state index in [9.17, 15) is 14.7 Å². The summed E-state index contributed by atoms with van der Waals surface area (Å²) in [6.45, 7) is 12.6. The molecule has 1 atom stereocenters. The second-order valence-electron chi connectivity index (χ2n) is 7.90. The lowest BCUT2D eigenvalue weighted by atomic mass is 10.1. The predicted octanol–water partition coefficient (Wildman–Crippen LogP) is 3.42. The van der Waals surface area contributed by atoms with Gasteiger partial charge in [-0.2, -0.15) is 0 Å². The first kappa shape index (κ1) is 24.8. The Hall–Kier alpha value is -2.28. The molecule has 0 spiro atoms. The van der Waals surface area contributed by atoms with E-state index in [0.29, 0.717) is 56.9 Å². The van der Waals surface area contributed by atoms with Crippen molar-refractivity contribution in [3.8, 4) is 5.75 Å². The Balaban J connectivity index is 2.55. The van der Waals surface area contributed by atoms with Crippen molar-refractivity contribution in [3.05, 3.63) is 29.8 Å². The molecule has 1 aromatic carbocycles. The zero-order valence-corrected chi connectivity index (χ0v) is 18.3. The average molecular weight is 409 g/mol. The van der Waals surface area contributed by atoms with Crippen LogP contribution in [0.5, 0.6) is 5.75 Å². The molecule has 0 aliphatic carbocycles. The summed E-state index contributed by atoms with van der Waals surface area (Å²) in [5.74, 6) is 0.488. The number of hydrogen-bond acceptors (Lipinski definition) is 4. The molecule has 0 aliphatic rings. The van der Waals surface area contributed by atoms with Crippen LogP contribution in [-0.2, 0) is 16.0 Å². The molecule has 0 bridgehead atoms. The van der Waals surface area contributed by atoms with Gasteiger partial charge in [-0.15, -0.1) is 0 Å². The van der Waals surface area contributed by atoms with Crippen molar-refractivity contribution in [3.63, 3.8) is 0 Å². The van der Waals surface area contributed by atoms with E-state index in [4.69, 9.17) is 9.47 Å². The van der Waals surface area contributed by atoms with Gasteiger partial charge in [0.1, 0.15) is 12.4 Å². The van der Waals surface area contributed by atoms with Gasteiger partial charge in [0, 0.05) is 26.1 Å². The smallest absolute Gasteiger partial charge is 0.333 e. The van der Waals surface area contributed by atoms with Crippen LogP contribution in [0.1, 0.15) is 40.2 Å². The van der Waals surface area contributed by atoms with Gasteiger partial charge in [0.2, 0.25) is 0 Å². The average Bonchev–Trinajstić information content (AvgIpc) is 2.65. The molecule has 164 valence electrons. The number of carbonyl (C=O) groups excluding carboxylic acids is 1. The molecular formula is C22H36N2O5.